The summed E-state index contributed by atoms with van der Waals surface area (Å²) in [4.78, 5) is 46.9. The lowest BCUT2D eigenvalue weighted by atomic mass is 10.0. The summed E-state index contributed by atoms with van der Waals surface area (Å²) in [5, 5.41) is 6.21. The minimum absolute atomic E-state index is 0.0526. The second-order valence-corrected chi connectivity index (χ2v) is 10.5. The van der Waals surface area contributed by atoms with Gasteiger partial charge in [-0.2, -0.15) is 0 Å². The van der Waals surface area contributed by atoms with Crippen LogP contribution in [0, 0.1) is 0 Å². The van der Waals surface area contributed by atoms with Crippen LogP contribution in [0.3, 0.4) is 0 Å². The van der Waals surface area contributed by atoms with Crippen LogP contribution in [0.15, 0.2) is 54.9 Å². The lowest BCUT2D eigenvalue weighted by molar-refractivity contribution is 0.0836. The van der Waals surface area contributed by atoms with Gasteiger partial charge < -0.3 is 21.3 Å². The van der Waals surface area contributed by atoms with E-state index in [1.54, 1.807) is 48.5 Å². The maximum Gasteiger partial charge on any atom is 0.271 e. The number of imidazole rings is 1. The van der Waals surface area contributed by atoms with Crippen molar-refractivity contribution in [2.24, 2.45) is 5.73 Å². The minimum atomic E-state index is -0.797. The van der Waals surface area contributed by atoms with E-state index >= 15 is 0 Å². The molecule has 2 heterocycles. The number of carbonyl (C=O) groups excluding carboxylic acids is 3. The number of halogens is 1. The van der Waals surface area contributed by atoms with Crippen LogP contribution in [-0.2, 0) is 0 Å². The van der Waals surface area contributed by atoms with Gasteiger partial charge in [0, 0.05) is 49.6 Å². The fourth-order valence-electron chi connectivity index (χ4n) is 4.46. The average molecular weight is 538 g/mol. The number of anilines is 1. The van der Waals surface area contributed by atoms with Gasteiger partial charge in [-0.1, -0.05) is 23.7 Å². The fraction of sp³-hybridized carbons (Fsp3) is 0.333. The quantitative estimate of drug-likeness (QED) is 0.405. The van der Waals surface area contributed by atoms with Gasteiger partial charge in [0.05, 0.1) is 10.6 Å². The van der Waals surface area contributed by atoms with Crippen LogP contribution in [0.5, 0.6) is 0 Å². The molecular weight excluding hydrogens is 506 g/mol. The first-order valence-electron chi connectivity index (χ1n) is 12.3. The second kappa shape index (κ2) is 11.3. The molecule has 3 amide bonds. The molecule has 1 saturated heterocycles. The average Bonchev–Trinajstić information content (AvgIpc) is 3.32. The normalized spacial score (nSPS) is 14.7. The summed E-state index contributed by atoms with van der Waals surface area (Å²) in [5.41, 5.74) is 6.39. The summed E-state index contributed by atoms with van der Waals surface area (Å²) in [6.07, 6.45) is 1.39. The molecule has 11 heteroatoms. The Bertz CT molecular complexity index is 1330. The highest BCUT2D eigenvalue weighted by molar-refractivity contribution is 6.34. The Balaban J connectivity index is 1.52. The number of rotatable bonds is 8. The molecule has 0 saturated carbocycles. The SMILES string of the molecule is CN1CCN(CC(C)(C)NC(=O)c2c(C(N)=O)ncn2-c2ccc(NC(=O)c3ccccc3Cl)cc2)CC1. The van der Waals surface area contributed by atoms with Gasteiger partial charge >= 0.3 is 0 Å². The number of piperazine rings is 1. The topological polar surface area (TPSA) is 126 Å². The van der Waals surface area contributed by atoms with Crippen LogP contribution < -0.4 is 16.4 Å². The molecule has 3 aromatic rings. The van der Waals surface area contributed by atoms with E-state index in [2.05, 4.69) is 32.5 Å². The number of nitrogens with one attached hydrogen (secondary N) is 2. The van der Waals surface area contributed by atoms with Crippen molar-refractivity contribution in [1.29, 1.82) is 0 Å². The summed E-state index contributed by atoms with van der Waals surface area (Å²) in [6.45, 7) is 8.33. The van der Waals surface area contributed by atoms with Gasteiger partial charge in [0.25, 0.3) is 17.7 Å². The van der Waals surface area contributed by atoms with E-state index in [0.717, 1.165) is 26.2 Å². The first-order valence-corrected chi connectivity index (χ1v) is 12.7. The number of aromatic nitrogens is 2. The molecule has 0 spiro atoms. The van der Waals surface area contributed by atoms with Crippen LogP contribution in [0.4, 0.5) is 5.69 Å². The zero-order valence-corrected chi connectivity index (χ0v) is 22.5. The van der Waals surface area contributed by atoms with Gasteiger partial charge in [-0.15, -0.1) is 0 Å². The number of benzene rings is 2. The third kappa shape index (κ3) is 6.39. The monoisotopic (exact) mass is 537 g/mol. The van der Waals surface area contributed by atoms with Crippen molar-refractivity contribution in [3.8, 4) is 5.69 Å². The maximum absolute atomic E-state index is 13.5. The predicted octanol–water partition coefficient (Wildman–Crippen LogP) is 2.63. The molecule has 0 atom stereocenters. The van der Waals surface area contributed by atoms with E-state index in [1.807, 2.05) is 13.8 Å². The molecule has 1 aliphatic heterocycles. The van der Waals surface area contributed by atoms with Gasteiger partial charge in [0.15, 0.2) is 5.69 Å². The van der Waals surface area contributed by atoms with Crippen molar-refractivity contribution < 1.29 is 14.4 Å². The summed E-state index contributed by atoms with van der Waals surface area (Å²) in [6, 6.07) is 13.6. The first kappa shape index (κ1) is 27.3. The number of carbonyl (C=O) groups is 3. The van der Waals surface area contributed by atoms with Gasteiger partial charge in [-0.3, -0.25) is 23.9 Å². The van der Waals surface area contributed by atoms with Crippen LogP contribution in [0.25, 0.3) is 5.69 Å². The van der Waals surface area contributed by atoms with Crippen molar-refractivity contribution in [2.45, 2.75) is 19.4 Å². The molecule has 0 aliphatic carbocycles. The molecule has 2 aromatic carbocycles. The van der Waals surface area contributed by atoms with Crippen molar-refractivity contribution >= 4 is 35.0 Å². The molecule has 4 N–H and O–H groups in total. The molecule has 1 fully saturated rings. The highest BCUT2D eigenvalue weighted by Crippen LogP contribution is 2.21. The van der Waals surface area contributed by atoms with Crippen molar-refractivity contribution in [2.75, 3.05) is 45.1 Å². The van der Waals surface area contributed by atoms with E-state index in [-0.39, 0.29) is 17.3 Å². The molecule has 1 aliphatic rings. The molecular formula is C27H32ClN7O3. The summed E-state index contributed by atoms with van der Waals surface area (Å²) in [5.74, 6) is -1.59. The third-order valence-corrected chi connectivity index (χ3v) is 6.73. The molecule has 38 heavy (non-hydrogen) atoms. The Kier molecular flexibility index (Phi) is 8.15. The summed E-state index contributed by atoms with van der Waals surface area (Å²) in [7, 11) is 2.09. The minimum Gasteiger partial charge on any atom is -0.364 e. The van der Waals surface area contributed by atoms with Crippen LogP contribution in [-0.4, -0.2) is 82.4 Å². The standard InChI is InChI=1S/C27H32ClN7O3/c1-27(2,16-34-14-12-33(3)13-15-34)32-26(38)23-22(24(29)36)30-17-35(23)19-10-8-18(9-11-19)31-25(37)20-6-4-5-7-21(20)28/h4-11,17H,12-16H2,1-3H3,(H2,29,36)(H,31,37)(H,32,38). The van der Waals surface area contributed by atoms with E-state index < -0.39 is 17.4 Å². The zero-order chi connectivity index (χ0) is 27.4. The van der Waals surface area contributed by atoms with Gasteiger partial charge in [0.1, 0.15) is 12.0 Å². The zero-order valence-electron chi connectivity index (χ0n) is 21.7. The molecule has 1 aromatic heterocycles. The molecule has 0 unspecified atom stereocenters. The maximum atomic E-state index is 13.5. The Labute approximate surface area is 226 Å². The Morgan fingerprint density at radius 2 is 1.66 bits per heavy atom. The van der Waals surface area contributed by atoms with E-state index in [0.29, 0.717) is 28.5 Å². The number of likely N-dealkylation sites (N-methyl/N-ethyl adjacent to an activating group) is 1. The number of nitrogens with zero attached hydrogens (tertiary/aromatic N) is 4. The number of hydrogen-bond acceptors (Lipinski definition) is 6. The molecule has 10 nitrogen and oxygen atoms in total. The Morgan fingerprint density at radius 3 is 2.29 bits per heavy atom. The van der Waals surface area contributed by atoms with E-state index in [9.17, 15) is 14.4 Å². The summed E-state index contributed by atoms with van der Waals surface area (Å²) >= 11 is 6.12. The van der Waals surface area contributed by atoms with Gasteiger partial charge in [-0.05, 0) is 57.3 Å². The molecule has 200 valence electrons. The van der Waals surface area contributed by atoms with Crippen molar-refractivity contribution in [3.05, 3.63) is 76.8 Å². The smallest absolute Gasteiger partial charge is 0.271 e. The Hall–Kier alpha value is -3.73. The largest absolute Gasteiger partial charge is 0.364 e. The second-order valence-electron chi connectivity index (χ2n) is 10.1. The van der Waals surface area contributed by atoms with E-state index in [1.165, 1.54) is 10.9 Å². The fourth-order valence-corrected chi connectivity index (χ4v) is 4.68. The van der Waals surface area contributed by atoms with Crippen molar-refractivity contribution in [3.63, 3.8) is 0 Å². The first-order chi connectivity index (χ1) is 18.0. The lowest BCUT2D eigenvalue weighted by Gasteiger charge is -2.38. The highest BCUT2D eigenvalue weighted by Gasteiger charge is 2.30. The molecule has 4 rings (SSSR count). The van der Waals surface area contributed by atoms with Gasteiger partial charge in [-0.25, -0.2) is 4.98 Å². The van der Waals surface area contributed by atoms with E-state index in [4.69, 9.17) is 17.3 Å². The summed E-state index contributed by atoms with van der Waals surface area (Å²) < 4.78 is 1.51. The number of amides is 3. The van der Waals surface area contributed by atoms with Crippen LogP contribution in [0.2, 0.25) is 5.02 Å². The highest BCUT2D eigenvalue weighted by atomic mass is 35.5. The van der Waals surface area contributed by atoms with Crippen LogP contribution in [0.1, 0.15) is 45.2 Å². The predicted molar refractivity (Wildman–Crippen MR) is 147 cm³/mol. The van der Waals surface area contributed by atoms with Crippen LogP contribution >= 0.6 is 11.6 Å². The number of hydrogen-bond donors (Lipinski definition) is 3. The lowest BCUT2D eigenvalue weighted by Crippen LogP contribution is -2.55. The third-order valence-electron chi connectivity index (χ3n) is 6.40. The molecule has 0 radical (unpaired) electrons. The number of primary amides is 1. The van der Waals surface area contributed by atoms with Crippen molar-refractivity contribution in [1.82, 2.24) is 24.7 Å². The Morgan fingerprint density at radius 1 is 1.00 bits per heavy atom. The molecule has 0 bridgehead atoms. The van der Waals surface area contributed by atoms with Gasteiger partial charge in [0.2, 0.25) is 0 Å². The number of nitrogens with two attached hydrogens (primary N) is 1.